The smallest absolute Gasteiger partial charge is 0.435 e. The summed E-state index contributed by atoms with van der Waals surface area (Å²) in [6, 6.07) is 6.93. The minimum atomic E-state index is -4.67. The molecule has 1 aromatic carbocycles. The molecule has 0 spiro atoms. The van der Waals surface area contributed by atoms with E-state index in [1.54, 1.807) is 52.5 Å². The van der Waals surface area contributed by atoms with Crippen LogP contribution in [-0.4, -0.2) is 46.9 Å². The van der Waals surface area contributed by atoms with Crippen molar-refractivity contribution in [3.63, 3.8) is 0 Å². The third-order valence-corrected chi connectivity index (χ3v) is 7.07. The number of benzene rings is 1. The van der Waals surface area contributed by atoms with Crippen LogP contribution in [0, 0.1) is 0 Å². The van der Waals surface area contributed by atoms with Gasteiger partial charge < -0.3 is 14.6 Å². The first-order valence-electron chi connectivity index (χ1n) is 12.7. The molecule has 0 radical (unpaired) electrons. The number of alkyl halides is 3. The van der Waals surface area contributed by atoms with Gasteiger partial charge in [-0.2, -0.15) is 18.3 Å². The lowest BCUT2D eigenvalue weighted by Crippen LogP contribution is -2.38. The van der Waals surface area contributed by atoms with Crippen LogP contribution in [0.1, 0.15) is 39.8 Å². The summed E-state index contributed by atoms with van der Waals surface area (Å²) in [6.45, 7) is 2.45. The number of pyridine rings is 2. The second-order valence-electron chi connectivity index (χ2n) is 9.69. The van der Waals surface area contributed by atoms with Crippen molar-refractivity contribution in [2.45, 2.75) is 32.5 Å². The molecule has 12 heteroatoms. The summed E-state index contributed by atoms with van der Waals surface area (Å²) in [5.41, 5.74) is 2.22. The summed E-state index contributed by atoms with van der Waals surface area (Å²) in [7, 11) is 1.44. The molecule has 0 aliphatic carbocycles. The molecule has 4 aromatic heterocycles. The second kappa shape index (κ2) is 9.47. The van der Waals surface area contributed by atoms with Crippen LogP contribution in [0.2, 0.25) is 0 Å². The van der Waals surface area contributed by atoms with Gasteiger partial charge in [0, 0.05) is 67.1 Å². The molecule has 6 rings (SSSR count). The number of hydrogen-bond donors (Lipinski definition) is 1. The lowest BCUT2D eigenvalue weighted by molar-refractivity contribution is -0.140. The van der Waals surface area contributed by atoms with Crippen molar-refractivity contribution in [1.82, 2.24) is 29.3 Å². The Hall–Kier alpha value is -4.74. The molecule has 0 atom stereocenters. The molecule has 0 saturated heterocycles. The molecular formula is C28H24F3N7O2. The number of aromatic hydroxyl groups is 1. The fourth-order valence-electron chi connectivity index (χ4n) is 5.30. The number of carbonyl (C=O) groups excluding carboxylic acids is 1. The van der Waals surface area contributed by atoms with Gasteiger partial charge in [0.05, 0.1) is 12.0 Å². The van der Waals surface area contributed by atoms with Crippen LogP contribution in [0.3, 0.4) is 0 Å². The number of fused-ring (bicyclic) bond motifs is 2. The summed E-state index contributed by atoms with van der Waals surface area (Å²) in [4.78, 5) is 28.1. The van der Waals surface area contributed by atoms with Gasteiger partial charge in [0.15, 0.2) is 5.69 Å². The molecule has 0 saturated carbocycles. The van der Waals surface area contributed by atoms with E-state index in [1.807, 2.05) is 6.92 Å². The predicted octanol–water partition coefficient (Wildman–Crippen LogP) is 4.76. The van der Waals surface area contributed by atoms with Gasteiger partial charge >= 0.3 is 6.18 Å². The molecule has 9 nitrogen and oxygen atoms in total. The number of amides is 1. The average Bonchev–Trinajstić information content (AvgIpc) is 3.58. The Balaban J connectivity index is 1.53. The van der Waals surface area contributed by atoms with E-state index in [4.69, 9.17) is 0 Å². The van der Waals surface area contributed by atoms with Crippen molar-refractivity contribution in [2.75, 3.05) is 11.4 Å². The van der Waals surface area contributed by atoms with Crippen LogP contribution in [0.25, 0.3) is 22.0 Å². The predicted molar refractivity (Wildman–Crippen MR) is 141 cm³/mol. The fourth-order valence-corrected chi connectivity index (χ4v) is 5.30. The van der Waals surface area contributed by atoms with E-state index >= 15 is 0 Å². The highest BCUT2D eigenvalue weighted by atomic mass is 19.4. The van der Waals surface area contributed by atoms with Crippen LogP contribution in [-0.2, 0) is 32.6 Å². The number of imidazole rings is 1. The van der Waals surface area contributed by atoms with Crippen molar-refractivity contribution in [3.05, 3.63) is 83.5 Å². The minimum Gasteiger partial charge on any atom is -0.492 e. The Morgan fingerprint density at radius 3 is 2.62 bits per heavy atom. The molecule has 1 N–H and O–H groups in total. The molecule has 0 bridgehead atoms. The number of carbonyl (C=O) groups is 1. The van der Waals surface area contributed by atoms with Crippen LogP contribution in [0.5, 0.6) is 5.88 Å². The van der Waals surface area contributed by atoms with Gasteiger partial charge in [-0.05, 0) is 53.8 Å². The van der Waals surface area contributed by atoms with Crippen molar-refractivity contribution in [1.29, 1.82) is 0 Å². The third-order valence-electron chi connectivity index (χ3n) is 7.07. The molecule has 204 valence electrons. The maximum atomic E-state index is 14.1. The topological polar surface area (TPSA) is 102 Å². The molecule has 5 aromatic rings. The Bertz CT molecular complexity index is 1760. The average molecular weight is 548 g/mol. The number of rotatable bonds is 5. The van der Waals surface area contributed by atoms with Crippen molar-refractivity contribution in [3.8, 4) is 17.0 Å². The quantitative estimate of drug-likeness (QED) is 0.340. The summed E-state index contributed by atoms with van der Waals surface area (Å²) >= 11 is 0. The minimum absolute atomic E-state index is 0.0714. The van der Waals surface area contributed by atoms with Crippen LogP contribution in [0.4, 0.5) is 18.9 Å². The van der Waals surface area contributed by atoms with Gasteiger partial charge in [0.25, 0.3) is 5.91 Å². The highest BCUT2D eigenvalue weighted by Gasteiger charge is 2.39. The number of hydrogen-bond acceptors (Lipinski definition) is 6. The fraction of sp³-hybridized carbons (Fsp3) is 0.250. The van der Waals surface area contributed by atoms with Crippen LogP contribution < -0.4 is 4.90 Å². The lowest BCUT2D eigenvalue weighted by Gasteiger charge is -2.31. The van der Waals surface area contributed by atoms with E-state index in [1.165, 1.54) is 19.4 Å². The zero-order valence-corrected chi connectivity index (χ0v) is 21.6. The zero-order valence-electron chi connectivity index (χ0n) is 21.6. The Morgan fingerprint density at radius 2 is 1.90 bits per heavy atom. The Morgan fingerprint density at radius 1 is 1.10 bits per heavy atom. The maximum absolute atomic E-state index is 14.1. The SMILES string of the molecule is CCc1cc2c(N3CCc4c(cc(Cn5ccnc5)cc4-c4cn(C)nc4C(F)(F)F)C3=O)ccnc2c(O)n1. The van der Waals surface area contributed by atoms with Gasteiger partial charge in [-0.1, -0.05) is 6.92 Å². The first kappa shape index (κ1) is 25.5. The summed E-state index contributed by atoms with van der Waals surface area (Å²) in [5.74, 6) is -0.573. The molecular weight excluding hydrogens is 523 g/mol. The monoisotopic (exact) mass is 547 g/mol. The summed E-state index contributed by atoms with van der Waals surface area (Å²) in [6.07, 6.45) is 4.02. The Kier molecular flexibility index (Phi) is 6.05. The van der Waals surface area contributed by atoms with Crippen molar-refractivity contribution >= 4 is 22.5 Å². The van der Waals surface area contributed by atoms with Crippen LogP contribution in [0.15, 0.2) is 55.4 Å². The van der Waals surface area contributed by atoms with E-state index in [0.29, 0.717) is 58.4 Å². The zero-order chi connectivity index (χ0) is 28.2. The van der Waals surface area contributed by atoms with Crippen molar-refractivity contribution < 1.29 is 23.1 Å². The first-order chi connectivity index (χ1) is 19.1. The molecule has 1 aliphatic heterocycles. The largest absolute Gasteiger partial charge is 0.492 e. The number of nitrogens with zero attached hydrogens (tertiary/aromatic N) is 7. The molecule has 1 amide bonds. The van der Waals surface area contributed by atoms with E-state index in [2.05, 4.69) is 20.1 Å². The number of aryl methyl sites for hydroxylation is 2. The number of aromatic nitrogens is 6. The van der Waals surface area contributed by atoms with Gasteiger partial charge in [0.2, 0.25) is 5.88 Å². The van der Waals surface area contributed by atoms with Gasteiger partial charge in [-0.15, -0.1) is 0 Å². The third kappa shape index (κ3) is 4.34. The van der Waals surface area contributed by atoms with E-state index in [-0.39, 0.29) is 29.4 Å². The number of anilines is 1. The van der Waals surface area contributed by atoms with Crippen LogP contribution >= 0.6 is 0 Å². The molecule has 1 aliphatic rings. The summed E-state index contributed by atoms with van der Waals surface area (Å²) < 4.78 is 44.9. The first-order valence-corrected chi connectivity index (χ1v) is 12.7. The standard InChI is InChI=1S/C28H24F3N7O2/c1-3-17-12-21-23(4-6-33-24(21)26(39)34-17)38-8-5-18-19(22-14-36(2)35-25(22)28(29,30)31)10-16(11-20(18)27(38)40)13-37-9-7-32-15-37/h4,6-7,9-12,14-15H,3,5,8,13H2,1-2H3,(H,34,39). The van der Waals surface area contributed by atoms with E-state index < -0.39 is 11.9 Å². The molecule has 40 heavy (non-hydrogen) atoms. The van der Waals surface area contributed by atoms with Gasteiger partial charge in [-0.25, -0.2) is 9.97 Å². The maximum Gasteiger partial charge on any atom is 0.435 e. The van der Waals surface area contributed by atoms with E-state index in [0.717, 1.165) is 4.68 Å². The van der Waals surface area contributed by atoms with E-state index in [9.17, 15) is 23.1 Å². The summed E-state index contributed by atoms with van der Waals surface area (Å²) in [5, 5.41) is 14.7. The normalized spacial score (nSPS) is 13.7. The van der Waals surface area contributed by atoms with Gasteiger partial charge in [-0.3, -0.25) is 14.5 Å². The second-order valence-corrected chi connectivity index (χ2v) is 9.69. The highest BCUT2D eigenvalue weighted by Crippen LogP contribution is 2.41. The molecule has 0 unspecified atom stereocenters. The lowest BCUT2D eigenvalue weighted by atomic mass is 9.88. The Labute approximate surface area is 226 Å². The van der Waals surface area contributed by atoms with Gasteiger partial charge in [0.1, 0.15) is 5.52 Å². The van der Waals surface area contributed by atoms with Crippen molar-refractivity contribution in [2.24, 2.45) is 7.05 Å². The molecule has 5 heterocycles. The number of halogens is 3. The molecule has 0 fully saturated rings. The highest BCUT2D eigenvalue weighted by molar-refractivity contribution is 6.13.